The highest BCUT2D eigenvalue weighted by molar-refractivity contribution is 9.10. The first-order chi connectivity index (χ1) is 7.22. The van der Waals surface area contributed by atoms with Crippen LogP contribution in [0.25, 0.3) is 10.8 Å². The van der Waals surface area contributed by atoms with Gasteiger partial charge in [-0.2, -0.15) is 0 Å². The van der Waals surface area contributed by atoms with Crippen LogP contribution in [0.4, 0.5) is 0 Å². The Balaban J connectivity index is 2.81. The first-order valence-corrected chi connectivity index (χ1v) is 5.10. The minimum Gasteiger partial charge on any atom is -0.507 e. The summed E-state index contributed by atoms with van der Waals surface area (Å²) < 4.78 is 0.965. The number of aromatic hydroxyl groups is 1. The lowest BCUT2D eigenvalue weighted by Gasteiger charge is -2.04. The SMILES string of the molecule is O/N=C/c1c(O)ccc2cc(Br)ccc12. The number of phenolic OH excluding ortho intramolecular Hbond substituents is 1. The smallest absolute Gasteiger partial charge is 0.125 e. The first kappa shape index (κ1) is 9.98. The summed E-state index contributed by atoms with van der Waals surface area (Å²) in [6, 6.07) is 9.05. The van der Waals surface area contributed by atoms with Gasteiger partial charge in [0.2, 0.25) is 0 Å². The molecule has 0 unspecified atom stereocenters. The summed E-state index contributed by atoms with van der Waals surface area (Å²) in [5.74, 6) is 0.0997. The second kappa shape index (κ2) is 3.90. The van der Waals surface area contributed by atoms with Crippen molar-refractivity contribution in [2.24, 2.45) is 5.16 Å². The third-order valence-corrected chi connectivity index (χ3v) is 2.68. The summed E-state index contributed by atoms with van der Waals surface area (Å²) in [4.78, 5) is 0. The van der Waals surface area contributed by atoms with Gasteiger partial charge < -0.3 is 10.3 Å². The van der Waals surface area contributed by atoms with Crippen LogP contribution in [-0.2, 0) is 0 Å². The zero-order chi connectivity index (χ0) is 10.8. The molecule has 3 nitrogen and oxygen atoms in total. The summed E-state index contributed by atoms with van der Waals surface area (Å²) in [7, 11) is 0. The molecule has 2 aromatic rings. The summed E-state index contributed by atoms with van der Waals surface area (Å²) in [6.07, 6.45) is 1.23. The monoisotopic (exact) mass is 265 g/mol. The van der Waals surface area contributed by atoms with Gasteiger partial charge in [-0.15, -0.1) is 0 Å². The van der Waals surface area contributed by atoms with Gasteiger partial charge in [0.05, 0.1) is 6.21 Å². The fourth-order valence-electron chi connectivity index (χ4n) is 1.51. The van der Waals surface area contributed by atoms with Crippen LogP contribution in [0.5, 0.6) is 5.75 Å². The van der Waals surface area contributed by atoms with Gasteiger partial charge in [-0.05, 0) is 29.0 Å². The van der Waals surface area contributed by atoms with Gasteiger partial charge in [0.15, 0.2) is 0 Å². The van der Waals surface area contributed by atoms with Crippen molar-refractivity contribution in [3.05, 3.63) is 40.4 Å². The van der Waals surface area contributed by atoms with Crippen LogP contribution in [0, 0.1) is 0 Å². The standard InChI is InChI=1S/C11H8BrNO2/c12-8-2-3-9-7(5-8)1-4-11(14)10(9)6-13-15/h1-6,14-15H/b13-6+. The number of fused-ring (bicyclic) bond motifs is 1. The Morgan fingerprint density at radius 1 is 1.20 bits per heavy atom. The Labute approximate surface area is 94.8 Å². The molecule has 0 bridgehead atoms. The average Bonchev–Trinajstić information content (AvgIpc) is 2.22. The second-order valence-corrected chi connectivity index (χ2v) is 4.02. The molecule has 0 spiro atoms. The molecule has 0 saturated carbocycles. The topological polar surface area (TPSA) is 52.8 Å². The Bertz CT molecular complexity index is 537. The molecule has 0 aliphatic rings. The maximum absolute atomic E-state index is 9.59. The van der Waals surface area contributed by atoms with Crippen LogP contribution in [0.15, 0.2) is 40.0 Å². The van der Waals surface area contributed by atoms with Crippen molar-refractivity contribution in [1.29, 1.82) is 0 Å². The van der Waals surface area contributed by atoms with Gasteiger partial charge >= 0.3 is 0 Å². The molecule has 0 amide bonds. The van der Waals surface area contributed by atoms with Crippen molar-refractivity contribution < 1.29 is 10.3 Å². The van der Waals surface area contributed by atoms with Gasteiger partial charge in [-0.3, -0.25) is 0 Å². The number of nitrogens with zero attached hydrogens (tertiary/aromatic N) is 1. The zero-order valence-corrected chi connectivity index (χ0v) is 9.27. The number of rotatable bonds is 1. The Kier molecular flexibility index (Phi) is 2.60. The third-order valence-electron chi connectivity index (χ3n) is 2.19. The normalized spacial score (nSPS) is 11.3. The Hall–Kier alpha value is -1.55. The van der Waals surface area contributed by atoms with E-state index in [4.69, 9.17) is 5.21 Å². The minimum absolute atomic E-state index is 0.0997. The van der Waals surface area contributed by atoms with Crippen LogP contribution in [0.1, 0.15) is 5.56 Å². The molecule has 0 radical (unpaired) electrons. The van der Waals surface area contributed by atoms with Crippen molar-refractivity contribution in [3.63, 3.8) is 0 Å². The quantitative estimate of drug-likeness (QED) is 0.473. The van der Waals surface area contributed by atoms with E-state index in [1.807, 2.05) is 24.3 Å². The lowest BCUT2D eigenvalue weighted by molar-refractivity contribution is 0.321. The number of hydrogen-bond donors (Lipinski definition) is 2. The highest BCUT2D eigenvalue weighted by atomic mass is 79.9. The molecule has 15 heavy (non-hydrogen) atoms. The highest BCUT2D eigenvalue weighted by Gasteiger charge is 2.04. The van der Waals surface area contributed by atoms with Crippen molar-refractivity contribution >= 4 is 32.9 Å². The van der Waals surface area contributed by atoms with E-state index in [-0.39, 0.29) is 5.75 Å². The molecule has 0 aliphatic carbocycles. The molecule has 0 aliphatic heterocycles. The van der Waals surface area contributed by atoms with Crippen molar-refractivity contribution in [1.82, 2.24) is 0 Å². The third kappa shape index (κ3) is 1.80. The van der Waals surface area contributed by atoms with Gasteiger partial charge in [-0.25, -0.2) is 0 Å². The van der Waals surface area contributed by atoms with Crippen molar-refractivity contribution in [2.75, 3.05) is 0 Å². The lowest BCUT2D eigenvalue weighted by atomic mass is 10.0. The molecular weight excluding hydrogens is 258 g/mol. The molecule has 4 heteroatoms. The van der Waals surface area contributed by atoms with Crippen LogP contribution >= 0.6 is 15.9 Å². The van der Waals surface area contributed by atoms with E-state index in [0.29, 0.717) is 5.56 Å². The summed E-state index contributed by atoms with van der Waals surface area (Å²) in [5, 5.41) is 22.9. The molecule has 0 atom stereocenters. The van der Waals surface area contributed by atoms with E-state index < -0.39 is 0 Å². The molecular formula is C11H8BrNO2. The molecule has 2 aromatic carbocycles. The van der Waals surface area contributed by atoms with E-state index in [1.165, 1.54) is 6.21 Å². The molecule has 0 fully saturated rings. The first-order valence-electron chi connectivity index (χ1n) is 4.31. The molecule has 0 heterocycles. The fraction of sp³-hybridized carbons (Fsp3) is 0. The Morgan fingerprint density at radius 2 is 2.00 bits per heavy atom. The predicted octanol–water partition coefficient (Wildman–Crippen LogP) is 3.12. The molecule has 2 N–H and O–H groups in total. The molecule has 0 aromatic heterocycles. The number of phenols is 1. The summed E-state index contributed by atoms with van der Waals surface area (Å²) in [5.41, 5.74) is 0.516. The van der Waals surface area contributed by atoms with Gasteiger partial charge in [-0.1, -0.05) is 33.2 Å². The van der Waals surface area contributed by atoms with E-state index in [1.54, 1.807) is 6.07 Å². The summed E-state index contributed by atoms with van der Waals surface area (Å²) in [6.45, 7) is 0. The number of halogens is 1. The highest BCUT2D eigenvalue weighted by Crippen LogP contribution is 2.27. The number of hydrogen-bond acceptors (Lipinski definition) is 3. The van der Waals surface area contributed by atoms with Crippen LogP contribution in [0.3, 0.4) is 0 Å². The predicted molar refractivity (Wildman–Crippen MR) is 62.7 cm³/mol. The van der Waals surface area contributed by atoms with Gasteiger partial charge in [0, 0.05) is 10.0 Å². The molecule has 76 valence electrons. The van der Waals surface area contributed by atoms with E-state index in [2.05, 4.69) is 21.1 Å². The van der Waals surface area contributed by atoms with Crippen molar-refractivity contribution in [2.45, 2.75) is 0 Å². The second-order valence-electron chi connectivity index (χ2n) is 3.11. The lowest BCUT2D eigenvalue weighted by Crippen LogP contribution is -1.86. The van der Waals surface area contributed by atoms with Crippen LogP contribution < -0.4 is 0 Å². The van der Waals surface area contributed by atoms with E-state index in [9.17, 15) is 5.11 Å². The zero-order valence-electron chi connectivity index (χ0n) is 7.68. The largest absolute Gasteiger partial charge is 0.507 e. The maximum Gasteiger partial charge on any atom is 0.125 e. The number of benzene rings is 2. The number of oxime groups is 1. The fourth-order valence-corrected chi connectivity index (χ4v) is 1.89. The average molecular weight is 266 g/mol. The summed E-state index contributed by atoms with van der Waals surface area (Å²) >= 11 is 3.37. The van der Waals surface area contributed by atoms with E-state index in [0.717, 1.165) is 15.2 Å². The Morgan fingerprint density at radius 3 is 2.73 bits per heavy atom. The van der Waals surface area contributed by atoms with Crippen LogP contribution in [0.2, 0.25) is 0 Å². The molecule has 2 rings (SSSR count). The maximum atomic E-state index is 9.59. The van der Waals surface area contributed by atoms with E-state index >= 15 is 0 Å². The van der Waals surface area contributed by atoms with Crippen LogP contribution in [-0.4, -0.2) is 16.5 Å². The minimum atomic E-state index is 0.0997. The van der Waals surface area contributed by atoms with Crippen molar-refractivity contribution in [3.8, 4) is 5.75 Å². The van der Waals surface area contributed by atoms with Gasteiger partial charge in [0.1, 0.15) is 5.75 Å². The van der Waals surface area contributed by atoms with Gasteiger partial charge in [0.25, 0.3) is 0 Å². The molecule has 0 saturated heterocycles.